The van der Waals surface area contributed by atoms with Gasteiger partial charge >= 0.3 is 0 Å². The molecule has 5 rings (SSSR count). The molecule has 2 aromatic rings. The molecule has 6 nitrogen and oxygen atoms in total. The number of nitrogens with zero attached hydrogens (tertiary/aromatic N) is 4. The van der Waals surface area contributed by atoms with Crippen LogP contribution in [-0.2, 0) is 10.2 Å². The Balaban J connectivity index is 1.91. The van der Waals surface area contributed by atoms with Gasteiger partial charge in [0.1, 0.15) is 16.9 Å². The van der Waals surface area contributed by atoms with E-state index in [0.29, 0.717) is 22.8 Å². The van der Waals surface area contributed by atoms with Gasteiger partial charge in [-0.2, -0.15) is 10.5 Å². The van der Waals surface area contributed by atoms with Crippen molar-refractivity contribution < 1.29 is 4.79 Å². The quantitative estimate of drug-likeness (QED) is 0.793. The monoisotopic (exact) mass is 397 g/mol. The lowest BCUT2D eigenvalue weighted by Crippen LogP contribution is -2.48. The van der Waals surface area contributed by atoms with Gasteiger partial charge in [-0.05, 0) is 25.1 Å². The van der Waals surface area contributed by atoms with Gasteiger partial charge in [-0.15, -0.1) is 0 Å². The molecule has 0 bridgehead atoms. The highest BCUT2D eigenvalue weighted by atomic mass is 32.2. The van der Waals surface area contributed by atoms with E-state index in [-0.39, 0.29) is 22.9 Å². The summed E-state index contributed by atoms with van der Waals surface area (Å²) in [6.45, 7) is 2.31. The summed E-state index contributed by atoms with van der Waals surface area (Å²) in [5.74, 6) is -0.110. The van der Waals surface area contributed by atoms with Crippen molar-refractivity contribution in [1.29, 1.82) is 10.5 Å². The van der Waals surface area contributed by atoms with Gasteiger partial charge in [-0.1, -0.05) is 42.1 Å². The van der Waals surface area contributed by atoms with E-state index >= 15 is 0 Å². The Hall–Kier alpha value is -3.68. The van der Waals surface area contributed by atoms with E-state index in [4.69, 9.17) is 5.73 Å². The number of carbonyl (C=O) groups is 1. The molecule has 3 aliphatic rings. The van der Waals surface area contributed by atoms with Gasteiger partial charge in [0.25, 0.3) is 0 Å². The maximum Gasteiger partial charge on any atom is 0.248 e. The van der Waals surface area contributed by atoms with Gasteiger partial charge in [-0.3, -0.25) is 9.69 Å². The number of benzene rings is 2. The first-order valence-electron chi connectivity index (χ1n) is 9.14. The second kappa shape index (κ2) is 5.91. The molecule has 3 heterocycles. The number of nitriles is 2. The number of amides is 1. The number of hydrogen-bond donors (Lipinski definition) is 1. The smallest absolute Gasteiger partial charge is 0.248 e. The molecular formula is C22H15N5OS. The third-order valence-corrected chi connectivity index (χ3v) is 6.83. The fraction of sp³-hybridized carbons (Fsp3) is 0.136. The highest BCUT2D eigenvalue weighted by Gasteiger charge is 2.61. The lowest BCUT2D eigenvalue weighted by molar-refractivity contribution is -0.120. The molecule has 7 heteroatoms. The summed E-state index contributed by atoms with van der Waals surface area (Å²) in [5, 5.41) is 21.0. The van der Waals surface area contributed by atoms with Crippen molar-refractivity contribution in [3.05, 3.63) is 76.1 Å². The molecule has 0 aliphatic carbocycles. The van der Waals surface area contributed by atoms with E-state index < -0.39 is 5.41 Å². The summed E-state index contributed by atoms with van der Waals surface area (Å²) < 4.78 is 0. The van der Waals surface area contributed by atoms with Crippen LogP contribution in [0.2, 0.25) is 0 Å². The first kappa shape index (κ1) is 17.4. The normalized spacial score (nSPS) is 21.8. The molecule has 0 radical (unpaired) electrons. The molecule has 0 aromatic heterocycles. The van der Waals surface area contributed by atoms with Crippen LogP contribution in [0.1, 0.15) is 12.5 Å². The number of para-hydroxylation sites is 2. The van der Waals surface area contributed by atoms with Crippen molar-refractivity contribution in [3.63, 3.8) is 0 Å². The maximum atomic E-state index is 13.8. The number of nitrogens with two attached hydrogens (primary N) is 1. The standard InChI is InChI=1S/C22H15N5OS/c1-2-26-16-8-4-3-7-13(16)22(21(26)28)14(11-23)19(25)27-17-9-5-6-10-18(17)29-20(27)15(22)12-24/h3-10H,2,25H2,1H3/t22-/m0/s1. The maximum absolute atomic E-state index is 13.8. The summed E-state index contributed by atoms with van der Waals surface area (Å²) in [6.07, 6.45) is 0. The number of thioether (sulfide) groups is 1. The van der Waals surface area contributed by atoms with Crippen LogP contribution in [0.5, 0.6) is 0 Å². The Morgan fingerprint density at radius 3 is 2.38 bits per heavy atom. The van der Waals surface area contributed by atoms with Crippen molar-refractivity contribution >= 4 is 29.0 Å². The molecule has 140 valence electrons. The number of fused-ring (bicyclic) bond motifs is 5. The summed E-state index contributed by atoms with van der Waals surface area (Å²) in [4.78, 5) is 18.1. The van der Waals surface area contributed by atoms with Crippen LogP contribution in [0.4, 0.5) is 11.4 Å². The van der Waals surface area contributed by atoms with Crippen LogP contribution in [0.15, 0.2) is 75.4 Å². The zero-order chi connectivity index (χ0) is 20.3. The minimum atomic E-state index is -1.51. The average molecular weight is 397 g/mol. The Kier molecular flexibility index (Phi) is 3.55. The topological polar surface area (TPSA) is 97.2 Å². The van der Waals surface area contributed by atoms with Crippen LogP contribution < -0.4 is 15.5 Å². The molecule has 0 fully saturated rings. The lowest BCUT2D eigenvalue weighted by atomic mass is 9.68. The van der Waals surface area contributed by atoms with E-state index in [1.807, 2.05) is 55.5 Å². The van der Waals surface area contributed by atoms with Crippen LogP contribution in [-0.4, -0.2) is 12.5 Å². The minimum Gasteiger partial charge on any atom is -0.384 e. The molecule has 2 aromatic carbocycles. The Morgan fingerprint density at radius 1 is 1.03 bits per heavy atom. The van der Waals surface area contributed by atoms with Crippen LogP contribution in [0.25, 0.3) is 0 Å². The van der Waals surface area contributed by atoms with Gasteiger partial charge in [-0.25, -0.2) is 0 Å². The van der Waals surface area contributed by atoms with E-state index in [2.05, 4.69) is 12.1 Å². The first-order valence-corrected chi connectivity index (χ1v) is 9.96. The molecule has 1 atom stereocenters. The fourth-order valence-electron chi connectivity index (χ4n) is 4.50. The fourth-order valence-corrected chi connectivity index (χ4v) is 5.71. The number of hydrogen-bond acceptors (Lipinski definition) is 6. The molecule has 29 heavy (non-hydrogen) atoms. The zero-order valence-corrected chi connectivity index (χ0v) is 16.3. The molecular weight excluding hydrogens is 382 g/mol. The second-order valence-electron chi connectivity index (χ2n) is 6.89. The molecule has 1 amide bonds. The van der Waals surface area contributed by atoms with Crippen LogP contribution in [0, 0.1) is 22.7 Å². The Morgan fingerprint density at radius 2 is 1.69 bits per heavy atom. The molecule has 1 spiro atoms. The number of carbonyl (C=O) groups excluding carboxylic acids is 1. The van der Waals surface area contributed by atoms with E-state index in [1.165, 1.54) is 11.8 Å². The molecule has 0 saturated heterocycles. The van der Waals surface area contributed by atoms with E-state index in [9.17, 15) is 15.3 Å². The first-order chi connectivity index (χ1) is 14.1. The van der Waals surface area contributed by atoms with Crippen LogP contribution in [0.3, 0.4) is 0 Å². The Labute approximate surface area is 172 Å². The number of rotatable bonds is 1. The summed E-state index contributed by atoms with van der Waals surface area (Å²) in [6, 6.07) is 19.4. The zero-order valence-electron chi connectivity index (χ0n) is 15.5. The summed E-state index contributed by atoms with van der Waals surface area (Å²) >= 11 is 1.40. The average Bonchev–Trinajstić information content (AvgIpc) is 3.24. The van der Waals surface area contributed by atoms with Crippen molar-refractivity contribution in [3.8, 4) is 12.1 Å². The largest absolute Gasteiger partial charge is 0.384 e. The van der Waals surface area contributed by atoms with Crippen molar-refractivity contribution in [2.24, 2.45) is 5.73 Å². The van der Waals surface area contributed by atoms with Gasteiger partial charge in [0, 0.05) is 22.7 Å². The molecule has 0 unspecified atom stereocenters. The lowest BCUT2D eigenvalue weighted by Gasteiger charge is -2.37. The third kappa shape index (κ3) is 1.88. The Bertz CT molecular complexity index is 1250. The number of likely N-dealkylation sites (N-methyl/N-ethyl adjacent to an activating group) is 1. The highest BCUT2D eigenvalue weighted by molar-refractivity contribution is 8.03. The highest BCUT2D eigenvalue weighted by Crippen LogP contribution is 2.59. The predicted octanol–water partition coefficient (Wildman–Crippen LogP) is 3.35. The molecule has 2 N–H and O–H groups in total. The predicted molar refractivity (Wildman–Crippen MR) is 110 cm³/mol. The third-order valence-electron chi connectivity index (χ3n) is 5.68. The van der Waals surface area contributed by atoms with Crippen LogP contribution >= 0.6 is 11.8 Å². The summed E-state index contributed by atoms with van der Waals surface area (Å²) in [5.41, 5.74) is 7.51. The van der Waals surface area contributed by atoms with Crippen molar-refractivity contribution in [2.45, 2.75) is 17.2 Å². The SMILES string of the molecule is CCN1C(=O)[C@]2(C(C#N)=C(N)N3C(=C2C#N)Sc2ccccc23)c2ccccc21. The molecule has 0 saturated carbocycles. The van der Waals surface area contributed by atoms with Crippen molar-refractivity contribution in [1.82, 2.24) is 0 Å². The van der Waals surface area contributed by atoms with Gasteiger partial charge in [0.2, 0.25) is 5.91 Å². The number of anilines is 2. The van der Waals surface area contributed by atoms with E-state index in [0.717, 1.165) is 10.6 Å². The minimum absolute atomic E-state index is 0.100. The van der Waals surface area contributed by atoms with Gasteiger partial charge < -0.3 is 10.6 Å². The summed E-state index contributed by atoms with van der Waals surface area (Å²) in [7, 11) is 0. The molecule has 3 aliphatic heterocycles. The van der Waals surface area contributed by atoms with Crippen molar-refractivity contribution in [2.75, 3.05) is 16.3 Å². The van der Waals surface area contributed by atoms with E-state index in [1.54, 1.807) is 9.80 Å². The second-order valence-corrected chi connectivity index (χ2v) is 7.92. The van der Waals surface area contributed by atoms with Gasteiger partial charge in [0.05, 0.1) is 22.9 Å². The van der Waals surface area contributed by atoms with Gasteiger partial charge in [0.15, 0.2) is 5.41 Å².